The molecule has 5 N–H and O–H groups in total. The molecule has 0 bridgehead atoms. The molecule has 60 valence electrons. The molecule has 0 saturated heterocycles. The predicted octanol–water partition coefficient (Wildman–Crippen LogP) is -1.80. The molecule has 0 unspecified atom stereocenters. The summed E-state index contributed by atoms with van der Waals surface area (Å²) in [5, 5.41) is 5.24. The van der Waals surface area contributed by atoms with Crippen LogP contribution in [-0.2, 0) is 5.75 Å². The monoisotopic (exact) mass is 179 g/mol. The molecule has 0 amide bonds. The predicted molar refractivity (Wildman–Crippen MR) is 53.7 cm³/mol. The van der Waals surface area contributed by atoms with Crippen molar-refractivity contribution in [1.29, 1.82) is 0 Å². The second-order valence-electron chi connectivity index (χ2n) is 2.30. The molecular formula is C5H7B2N3OS. The first kappa shape index (κ1) is 9.41. The number of H-pyrrole nitrogens is 1. The van der Waals surface area contributed by atoms with Crippen molar-refractivity contribution in [3.8, 4) is 0 Å². The Morgan fingerprint density at radius 3 is 2.92 bits per heavy atom. The van der Waals surface area contributed by atoms with Gasteiger partial charge in [-0.25, -0.2) is 0 Å². The van der Waals surface area contributed by atoms with Crippen LogP contribution in [0.1, 0.15) is 5.46 Å². The van der Waals surface area contributed by atoms with Crippen molar-refractivity contribution in [2.24, 2.45) is 5.14 Å². The number of hydrogen-bond acceptors (Lipinski definition) is 4. The van der Waals surface area contributed by atoms with E-state index in [0.717, 1.165) is 11.9 Å². The summed E-state index contributed by atoms with van der Waals surface area (Å²) < 4.78 is 0. The average molecular weight is 179 g/mol. The summed E-state index contributed by atoms with van der Waals surface area (Å²) in [7, 11) is 5.42. The summed E-state index contributed by atoms with van der Waals surface area (Å²) in [5.41, 5.74) is 6.58. The van der Waals surface area contributed by atoms with Gasteiger partial charge in [-0.15, -0.1) is 0 Å². The molecule has 2 radical (unpaired) electrons. The molecule has 0 fully saturated rings. The summed E-state index contributed by atoms with van der Waals surface area (Å²) >= 11 is 1.10. The van der Waals surface area contributed by atoms with Gasteiger partial charge in [-0.3, -0.25) is 0 Å². The minimum absolute atomic E-state index is 0.201. The first-order valence-corrected chi connectivity index (χ1v) is 4.29. The fraction of sp³-hybridized carbons (Fsp3) is 0.200. The molecule has 0 atom stereocenters. The fourth-order valence-corrected chi connectivity index (χ4v) is 1.27. The van der Waals surface area contributed by atoms with E-state index >= 15 is 0 Å². The number of aromatic nitrogens is 1. The molecule has 1 aromatic rings. The van der Waals surface area contributed by atoms with Crippen LogP contribution in [0.3, 0.4) is 0 Å². The van der Waals surface area contributed by atoms with E-state index in [1.807, 2.05) is 0 Å². The Kier molecular flexibility index (Phi) is 2.99. The minimum atomic E-state index is -0.259. The first-order chi connectivity index (χ1) is 5.65. The summed E-state index contributed by atoms with van der Waals surface area (Å²) in [5.74, 6) is 0.486. The molecule has 0 spiro atoms. The third-order valence-electron chi connectivity index (χ3n) is 1.44. The zero-order valence-electron chi connectivity index (χ0n) is 6.33. The van der Waals surface area contributed by atoms with Crippen LogP contribution in [0, 0.1) is 0 Å². The standard InChI is InChI=1S/C5H7B2N3OS/c6-4-3(8)2(1-12-9)7-5(11)10-4/h1,8-9H2,(H,10,11). The molecule has 0 saturated carbocycles. The van der Waals surface area contributed by atoms with Gasteiger partial charge in [0, 0.05) is 0 Å². The Balaban J connectivity index is 3.18. The van der Waals surface area contributed by atoms with E-state index in [1.54, 1.807) is 0 Å². The second kappa shape index (κ2) is 3.82. The third kappa shape index (κ3) is 1.92. The zero-order chi connectivity index (χ0) is 9.14. The van der Waals surface area contributed by atoms with Crippen molar-refractivity contribution < 1.29 is 0 Å². The normalized spacial score (nSPS) is 9.75. The maximum absolute atomic E-state index is 10.9. The average Bonchev–Trinajstić information content (AvgIpc) is 2.00. The molecule has 0 aromatic carbocycles. The Hall–Kier alpha value is -0.680. The van der Waals surface area contributed by atoms with E-state index in [4.69, 9.17) is 18.7 Å². The van der Waals surface area contributed by atoms with Crippen molar-refractivity contribution in [2.75, 3.05) is 5.73 Å². The number of nitrogens with one attached hydrogen (secondary N) is 1. The van der Waals surface area contributed by atoms with Gasteiger partial charge in [0.1, 0.15) is 0 Å². The van der Waals surface area contributed by atoms with Crippen LogP contribution in [-0.4, -0.2) is 19.7 Å². The van der Waals surface area contributed by atoms with Gasteiger partial charge in [-0.1, -0.05) is 0 Å². The van der Waals surface area contributed by atoms with Gasteiger partial charge >= 0.3 is 75.3 Å². The quantitative estimate of drug-likeness (QED) is 0.369. The molecule has 1 aromatic heterocycles. The van der Waals surface area contributed by atoms with Crippen molar-refractivity contribution in [3.05, 3.63) is 15.7 Å². The number of anilines is 1. The molecule has 0 aliphatic rings. The maximum atomic E-state index is 10.9. The van der Waals surface area contributed by atoms with Crippen LogP contribution in [0.25, 0.3) is 0 Å². The van der Waals surface area contributed by atoms with Gasteiger partial charge in [0.05, 0.1) is 0 Å². The van der Waals surface area contributed by atoms with Gasteiger partial charge in [0.15, 0.2) is 0 Å². The Bertz CT molecular complexity index is 340. The van der Waals surface area contributed by atoms with Crippen LogP contribution in [0.15, 0.2) is 4.79 Å². The van der Waals surface area contributed by atoms with Gasteiger partial charge in [-0.05, 0) is 0 Å². The van der Waals surface area contributed by atoms with E-state index in [-0.39, 0.29) is 11.0 Å². The summed E-state index contributed by atoms with van der Waals surface area (Å²) in [6.07, 6.45) is 0. The Morgan fingerprint density at radius 1 is 1.67 bits per heavy atom. The molecule has 1 heterocycles. The Morgan fingerprint density at radius 2 is 2.33 bits per heavy atom. The van der Waals surface area contributed by atoms with Crippen molar-refractivity contribution in [3.63, 3.8) is 0 Å². The van der Waals surface area contributed by atoms with Crippen LogP contribution < -0.4 is 21.9 Å². The van der Waals surface area contributed by atoms with Gasteiger partial charge in [-0.2, -0.15) is 0 Å². The van der Waals surface area contributed by atoms with Crippen molar-refractivity contribution in [1.82, 2.24) is 4.98 Å². The van der Waals surface area contributed by atoms with Crippen LogP contribution in [0.4, 0.5) is 5.69 Å². The molecular weight excluding hydrogens is 172 g/mol. The third-order valence-corrected chi connectivity index (χ3v) is 1.92. The molecule has 12 heavy (non-hydrogen) atoms. The van der Waals surface area contributed by atoms with E-state index in [0.29, 0.717) is 16.9 Å². The van der Waals surface area contributed by atoms with E-state index in [1.165, 1.54) is 6.91 Å². The summed E-state index contributed by atoms with van der Waals surface area (Å²) in [6.45, 7) is 1.39. The summed E-state index contributed by atoms with van der Waals surface area (Å²) in [4.78, 5) is 13.3. The van der Waals surface area contributed by atoms with Gasteiger partial charge in [0.2, 0.25) is 0 Å². The number of nitrogen functional groups attached to an aromatic ring is 1. The molecule has 1 rings (SSSR count). The van der Waals surface area contributed by atoms with Crippen molar-refractivity contribution >= 4 is 38.0 Å². The van der Waals surface area contributed by atoms with E-state index in [9.17, 15) is 4.79 Å². The van der Waals surface area contributed by atoms with Gasteiger partial charge in [0.25, 0.3) is 0 Å². The van der Waals surface area contributed by atoms with Crippen LogP contribution in [0.5, 0.6) is 0 Å². The van der Waals surface area contributed by atoms with Crippen molar-refractivity contribution in [2.45, 2.75) is 5.75 Å². The fourth-order valence-electron chi connectivity index (χ4n) is 0.854. The molecule has 0 aliphatic heterocycles. The van der Waals surface area contributed by atoms with E-state index in [2.05, 4.69) is 4.98 Å². The molecule has 4 nitrogen and oxygen atoms in total. The summed E-state index contributed by atoms with van der Waals surface area (Å²) in [6, 6.07) is 0. The number of aromatic amines is 1. The first-order valence-electron chi connectivity index (χ1n) is 3.24. The van der Waals surface area contributed by atoms with Gasteiger partial charge < -0.3 is 0 Å². The topological polar surface area (TPSA) is 84.9 Å². The molecule has 7 heteroatoms. The SMILES string of the molecule is [B]c1[nH]c(=O)bc(CSN)c1N. The van der Waals surface area contributed by atoms with Crippen LogP contribution >= 0.6 is 11.9 Å². The second-order valence-corrected chi connectivity index (χ2v) is 2.92. The Labute approximate surface area is 75.9 Å². The zero-order valence-corrected chi connectivity index (χ0v) is 7.15. The molecule has 0 aliphatic carbocycles. The number of hydrogen-bond donors (Lipinski definition) is 3. The van der Waals surface area contributed by atoms with E-state index < -0.39 is 0 Å². The number of rotatable bonds is 2. The van der Waals surface area contributed by atoms with Crippen LogP contribution in [0.2, 0.25) is 0 Å². The number of nitrogens with two attached hydrogens (primary N) is 2.